The van der Waals surface area contributed by atoms with Gasteiger partial charge in [-0.15, -0.1) is 0 Å². The fourth-order valence-corrected chi connectivity index (χ4v) is 3.83. The van der Waals surface area contributed by atoms with Crippen LogP contribution in [0.3, 0.4) is 0 Å². The van der Waals surface area contributed by atoms with Gasteiger partial charge < -0.3 is 10.3 Å². The van der Waals surface area contributed by atoms with Crippen LogP contribution in [-0.2, 0) is 0 Å². The quantitative estimate of drug-likeness (QED) is 0.779. The molecule has 3 heteroatoms. The normalized spacial score (nSPS) is 40.6. The average Bonchev–Trinajstić information content (AvgIpc) is 2.45. The highest BCUT2D eigenvalue weighted by Crippen LogP contribution is 2.66. The molecule has 0 saturated heterocycles. The van der Waals surface area contributed by atoms with Crippen LogP contribution in [0.2, 0.25) is 0 Å². The number of nitrogens with zero attached hydrogens (tertiary/aromatic N) is 2. The van der Waals surface area contributed by atoms with Crippen LogP contribution < -0.4 is 0 Å². The molecule has 1 heterocycles. The third-order valence-corrected chi connectivity index (χ3v) is 6.20. The van der Waals surface area contributed by atoms with Gasteiger partial charge in [-0.1, -0.05) is 33.8 Å². The topological polar surface area (TPSA) is 39.5 Å². The molecule has 1 unspecified atom stereocenters. The van der Waals surface area contributed by atoms with Gasteiger partial charge in [0.2, 0.25) is 0 Å². The summed E-state index contributed by atoms with van der Waals surface area (Å²) >= 11 is 0. The molecule has 1 aliphatic carbocycles. The third kappa shape index (κ3) is 1.58. The van der Waals surface area contributed by atoms with Crippen LogP contribution in [0.15, 0.2) is 29.0 Å². The summed E-state index contributed by atoms with van der Waals surface area (Å²) in [6.07, 6.45) is 10.9. The number of nitrogens with one attached hydrogen (secondary N) is 1. The van der Waals surface area contributed by atoms with E-state index in [2.05, 4.69) is 58.8 Å². The Labute approximate surface area is 123 Å². The van der Waals surface area contributed by atoms with Crippen molar-refractivity contribution < 1.29 is 0 Å². The molecular weight excluding hydrogens is 246 g/mol. The van der Waals surface area contributed by atoms with E-state index in [0.717, 1.165) is 6.42 Å². The van der Waals surface area contributed by atoms with Gasteiger partial charge in [0.25, 0.3) is 0 Å². The smallest absolute Gasteiger partial charge is 0.0588 e. The molecule has 0 fully saturated rings. The molecule has 3 nitrogen and oxygen atoms in total. The van der Waals surface area contributed by atoms with E-state index < -0.39 is 0 Å². The largest absolute Gasteiger partial charge is 0.354 e. The van der Waals surface area contributed by atoms with Gasteiger partial charge in [-0.2, -0.15) is 0 Å². The van der Waals surface area contributed by atoms with Crippen LogP contribution in [0.1, 0.15) is 41.0 Å². The Morgan fingerprint density at radius 1 is 1.50 bits per heavy atom. The van der Waals surface area contributed by atoms with Gasteiger partial charge in [-0.05, 0) is 19.4 Å². The molecule has 0 bridgehead atoms. The fraction of sp³-hybridized carbons (Fsp3) is 0.647. The van der Waals surface area contributed by atoms with E-state index in [9.17, 15) is 0 Å². The van der Waals surface area contributed by atoms with Gasteiger partial charge in [-0.3, -0.25) is 4.99 Å². The van der Waals surface area contributed by atoms with Crippen molar-refractivity contribution in [1.29, 1.82) is 5.41 Å². The summed E-state index contributed by atoms with van der Waals surface area (Å²) in [6, 6.07) is 0.200. The Morgan fingerprint density at radius 2 is 2.15 bits per heavy atom. The van der Waals surface area contributed by atoms with E-state index in [1.807, 2.05) is 12.3 Å². The highest BCUT2D eigenvalue weighted by atomic mass is 15.1. The van der Waals surface area contributed by atoms with Gasteiger partial charge in [0.1, 0.15) is 0 Å². The summed E-state index contributed by atoms with van der Waals surface area (Å²) in [6.45, 7) is 11.2. The lowest BCUT2D eigenvalue weighted by Gasteiger charge is -2.64. The van der Waals surface area contributed by atoms with Gasteiger partial charge in [0.05, 0.1) is 6.04 Å². The Balaban J connectivity index is 2.60. The minimum atomic E-state index is -0.140. The van der Waals surface area contributed by atoms with E-state index in [1.165, 1.54) is 5.70 Å². The van der Waals surface area contributed by atoms with Gasteiger partial charge in [0, 0.05) is 47.6 Å². The van der Waals surface area contributed by atoms with Crippen molar-refractivity contribution in [1.82, 2.24) is 4.90 Å². The molecular formula is C17H27N3. The van der Waals surface area contributed by atoms with E-state index in [0.29, 0.717) is 0 Å². The number of fused-ring (bicyclic) bond motifs is 1. The lowest BCUT2D eigenvalue weighted by atomic mass is 9.42. The number of rotatable bonds is 3. The molecule has 110 valence electrons. The maximum Gasteiger partial charge on any atom is 0.0588 e. The maximum atomic E-state index is 7.94. The molecule has 0 aromatic carbocycles. The second-order valence-electron chi connectivity index (χ2n) is 6.78. The molecule has 0 spiro atoms. The van der Waals surface area contributed by atoms with Crippen molar-refractivity contribution in [3.8, 4) is 0 Å². The third-order valence-electron chi connectivity index (χ3n) is 6.20. The second kappa shape index (κ2) is 4.57. The Bertz CT molecular complexity index is 504. The van der Waals surface area contributed by atoms with Crippen LogP contribution in [0.5, 0.6) is 0 Å². The minimum absolute atomic E-state index is 0.0503. The molecule has 0 saturated carbocycles. The number of hydrogen-bond acceptors (Lipinski definition) is 3. The van der Waals surface area contributed by atoms with Crippen LogP contribution in [0.25, 0.3) is 0 Å². The number of aliphatic imine (C=N–C) groups is 1. The summed E-state index contributed by atoms with van der Waals surface area (Å²) in [5.41, 5.74) is 1.08. The molecule has 0 radical (unpaired) electrons. The molecule has 1 aliphatic heterocycles. The van der Waals surface area contributed by atoms with Crippen molar-refractivity contribution in [3.05, 3.63) is 24.0 Å². The Kier molecular flexibility index (Phi) is 3.43. The van der Waals surface area contributed by atoms with Gasteiger partial charge in [0.15, 0.2) is 0 Å². The van der Waals surface area contributed by atoms with Gasteiger partial charge >= 0.3 is 0 Å². The number of allylic oxidation sites excluding steroid dienone is 2. The molecule has 0 aromatic heterocycles. The lowest BCUT2D eigenvalue weighted by Crippen LogP contribution is -2.62. The van der Waals surface area contributed by atoms with Crippen LogP contribution in [0, 0.1) is 21.7 Å². The highest BCUT2D eigenvalue weighted by Gasteiger charge is 2.64. The SMILES string of the molecule is CCC(C)(C=N)[C@]1(C)C=C2N(C)/C=C/C=N[C@@H](C)[C@@]21C. The zero-order valence-corrected chi connectivity index (χ0v) is 13.6. The summed E-state index contributed by atoms with van der Waals surface area (Å²) in [7, 11) is 2.10. The van der Waals surface area contributed by atoms with Crippen LogP contribution >= 0.6 is 0 Å². The first-order valence-electron chi connectivity index (χ1n) is 7.44. The predicted molar refractivity (Wildman–Crippen MR) is 86.3 cm³/mol. The highest BCUT2D eigenvalue weighted by molar-refractivity contribution is 5.72. The summed E-state index contributed by atoms with van der Waals surface area (Å²) in [4.78, 5) is 6.89. The van der Waals surface area contributed by atoms with Crippen molar-refractivity contribution in [3.63, 3.8) is 0 Å². The first-order valence-corrected chi connectivity index (χ1v) is 7.44. The molecule has 4 atom stereocenters. The molecule has 0 amide bonds. The monoisotopic (exact) mass is 273 g/mol. The summed E-state index contributed by atoms with van der Waals surface area (Å²) in [5, 5.41) is 7.94. The second-order valence-corrected chi connectivity index (χ2v) is 6.78. The summed E-state index contributed by atoms with van der Waals surface area (Å²) < 4.78 is 0. The van der Waals surface area contributed by atoms with E-state index in [1.54, 1.807) is 6.21 Å². The average molecular weight is 273 g/mol. The fourth-order valence-electron chi connectivity index (χ4n) is 3.83. The standard InChI is InChI=1S/C17H27N3/c1-7-15(3,12-18)16(4)11-14-17(16,5)13(2)19-9-8-10-20(14)6/h8-13,18H,7H2,1-6H3/b10-8+,18-12?,19-9?/t13-,15?,16-,17-/m0/s1. The lowest BCUT2D eigenvalue weighted by molar-refractivity contribution is -0.0141. The zero-order chi connectivity index (χ0) is 15.2. The van der Waals surface area contributed by atoms with Crippen LogP contribution in [-0.4, -0.2) is 30.4 Å². The molecule has 20 heavy (non-hydrogen) atoms. The zero-order valence-electron chi connectivity index (χ0n) is 13.6. The van der Waals surface area contributed by atoms with Crippen molar-refractivity contribution >= 4 is 12.4 Å². The van der Waals surface area contributed by atoms with E-state index >= 15 is 0 Å². The Hall–Kier alpha value is -1.38. The molecule has 2 rings (SSSR count). The number of hydrogen-bond donors (Lipinski definition) is 1. The first-order chi connectivity index (χ1) is 9.27. The van der Waals surface area contributed by atoms with Crippen molar-refractivity contribution in [2.45, 2.75) is 47.1 Å². The molecule has 1 N–H and O–H groups in total. The van der Waals surface area contributed by atoms with Crippen molar-refractivity contribution in [2.24, 2.45) is 21.2 Å². The molecule has 0 aromatic rings. The first kappa shape index (κ1) is 15.0. The maximum absolute atomic E-state index is 7.94. The van der Waals surface area contributed by atoms with Gasteiger partial charge in [-0.25, -0.2) is 0 Å². The molecule has 2 aliphatic rings. The minimum Gasteiger partial charge on any atom is -0.354 e. The summed E-state index contributed by atoms with van der Waals surface area (Å²) in [5.74, 6) is 0. The predicted octanol–water partition coefficient (Wildman–Crippen LogP) is 3.88. The van der Waals surface area contributed by atoms with Crippen LogP contribution in [0.4, 0.5) is 0 Å². The van der Waals surface area contributed by atoms with Crippen molar-refractivity contribution in [2.75, 3.05) is 7.05 Å². The van der Waals surface area contributed by atoms with E-state index in [4.69, 9.17) is 10.4 Å². The van der Waals surface area contributed by atoms with E-state index in [-0.39, 0.29) is 22.3 Å². The Morgan fingerprint density at radius 3 is 2.70 bits per heavy atom.